The third kappa shape index (κ3) is 3.87. The van der Waals surface area contributed by atoms with Gasteiger partial charge in [0, 0.05) is 29.6 Å². The molecule has 0 aliphatic carbocycles. The Hall–Kier alpha value is -3.22. The number of hydrogen-bond acceptors (Lipinski definition) is 5. The fourth-order valence-electron chi connectivity index (χ4n) is 4.43. The van der Waals surface area contributed by atoms with Crippen molar-refractivity contribution in [3.8, 4) is 5.69 Å². The number of anilines is 1. The number of piperidine rings is 1. The van der Waals surface area contributed by atoms with E-state index in [-0.39, 0.29) is 17.4 Å². The highest BCUT2D eigenvalue weighted by Crippen LogP contribution is 2.38. The van der Waals surface area contributed by atoms with Crippen LogP contribution in [0, 0.1) is 0 Å². The number of aromatic nitrogens is 1. The highest BCUT2D eigenvalue weighted by Gasteiger charge is 2.26. The molecule has 1 atom stereocenters. The molecule has 5 nitrogen and oxygen atoms in total. The second-order valence-corrected chi connectivity index (χ2v) is 9.31. The van der Waals surface area contributed by atoms with Crippen molar-refractivity contribution in [2.24, 2.45) is 0 Å². The van der Waals surface area contributed by atoms with E-state index in [1.165, 1.54) is 11.3 Å². The molecule has 0 radical (unpaired) electrons. The summed E-state index contributed by atoms with van der Waals surface area (Å²) in [7, 11) is 2.13. The number of carbonyl (C=O) groups excluding carboxylic acids is 1. The first-order chi connectivity index (χ1) is 15.6. The van der Waals surface area contributed by atoms with Crippen molar-refractivity contribution < 1.29 is 4.79 Å². The van der Waals surface area contributed by atoms with Gasteiger partial charge in [-0.15, -0.1) is 0 Å². The van der Waals surface area contributed by atoms with E-state index in [1.807, 2.05) is 60.7 Å². The van der Waals surface area contributed by atoms with Gasteiger partial charge in [-0.2, -0.15) is 0 Å². The van der Waals surface area contributed by atoms with Gasteiger partial charge in [0.15, 0.2) is 5.78 Å². The van der Waals surface area contributed by atoms with Crippen LogP contribution in [-0.4, -0.2) is 41.4 Å². The normalized spacial score (nSPS) is 16.8. The van der Waals surface area contributed by atoms with E-state index < -0.39 is 0 Å². The van der Waals surface area contributed by atoms with Gasteiger partial charge in [-0.05, 0) is 44.6 Å². The fraction of sp³-hybridized carbons (Fsp3) is 0.231. The molecule has 1 aliphatic rings. The first-order valence-electron chi connectivity index (χ1n) is 10.9. The molecule has 0 saturated carbocycles. The second-order valence-electron chi connectivity index (χ2n) is 8.31. The summed E-state index contributed by atoms with van der Waals surface area (Å²) in [5, 5.41) is 5.30. The number of fused-ring (bicyclic) bond motifs is 1. The quantitative estimate of drug-likeness (QED) is 0.451. The van der Waals surface area contributed by atoms with Crippen molar-refractivity contribution >= 4 is 32.3 Å². The Morgan fingerprint density at radius 3 is 2.44 bits per heavy atom. The van der Waals surface area contributed by atoms with Crippen LogP contribution >= 0.6 is 11.3 Å². The van der Waals surface area contributed by atoms with Crippen LogP contribution in [0.1, 0.15) is 28.8 Å². The molecule has 0 unspecified atom stereocenters. The summed E-state index contributed by atoms with van der Waals surface area (Å²) >= 11 is 1.49. The number of ketones is 1. The van der Waals surface area contributed by atoms with Gasteiger partial charge in [-0.1, -0.05) is 59.9 Å². The molecule has 3 heterocycles. The summed E-state index contributed by atoms with van der Waals surface area (Å²) < 4.78 is 1.71. The van der Waals surface area contributed by atoms with Gasteiger partial charge < -0.3 is 10.2 Å². The van der Waals surface area contributed by atoms with Crippen LogP contribution in [0.4, 0.5) is 5.00 Å². The lowest BCUT2D eigenvalue weighted by Crippen LogP contribution is -2.39. The maximum atomic E-state index is 13.6. The molecule has 0 bridgehead atoms. The lowest BCUT2D eigenvalue weighted by atomic mass is 10.0. The number of likely N-dealkylation sites (tertiary alicyclic amines) is 1. The molecule has 162 valence electrons. The van der Waals surface area contributed by atoms with Crippen molar-refractivity contribution in [1.29, 1.82) is 0 Å². The summed E-state index contributed by atoms with van der Waals surface area (Å²) in [4.78, 5) is 29.6. The van der Waals surface area contributed by atoms with E-state index in [4.69, 9.17) is 0 Å². The predicted molar refractivity (Wildman–Crippen MR) is 131 cm³/mol. The maximum absolute atomic E-state index is 13.6. The van der Waals surface area contributed by atoms with Gasteiger partial charge in [-0.3, -0.25) is 14.2 Å². The molecule has 0 amide bonds. The van der Waals surface area contributed by atoms with Crippen LogP contribution in [0.5, 0.6) is 0 Å². The van der Waals surface area contributed by atoms with E-state index in [2.05, 4.69) is 17.3 Å². The van der Waals surface area contributed by atoms with Crippen molar-refractivity contribution in [1.82, 2.24) is 9.47 Å². The van der Waals surface area contributed by atoms with Crippen LogP contribution < -0.4 is 10.9 Å². The molecule has 1 saturated heterocycles. The lowest BCUT2D eigenvalue weighted by Gasteiger charge is -2.30. The largest absolute Gasteiger partial charge is 0.372 e. The molecule has 4 aromatic rings. The highest BCUT2D eigenvalue weighted by atomic mass is 32.1. The minimum atomic E-state index is -0.104. The number of carbonyl (C=O) groups is 1. The maximum Gasteiger partial charge on any atom is 0.256 e. The van der Waals surface area contributed by atoms with Crippen LogP contribution in [0.25, 0.3) is 15.9 Å². The lowest BCUT2D eigenvalue weighted by molar-refractivity contribution is 0.104. The molecule has 6 heteroatoms. The summed E-state index contributed by atoms with van der Waals surface area (Å²) in [6, 6.07) is 22.6. The molecule has 2 aromatic carbocycles. The molecule has 1 N–H and O–H groups in total. The molecule has 2 aromatic heterocycles. The van der Waals surface area contributed by atoms with Crippen LogP contribution in [0.15, 0.2) is 77.6 Å². The molecule has 32 heavy (non-hydrogen) atoms. The number of pyridine rings is 1. The summed E-state index contributed by atoms with van der Waals surface area (Å²) in [6.45, 7) is 2.02. The number of para-hydroxylation sites is 1. The third-order valence-corrected chi connectivity index (χ3v) is 7.10. The summed E-state index contributed by atoms with van der Waals surface area (Å²) in [6.07, 6.45) is 2.18. The average Bonchev–Trinajstić information content (AvgIpc) is 3.17. The summed E-state index contributed by atoms with van der Waals surface area (Å²) in [5.41, 5.74) is 1.99. The Labute approximate surface area is 190 Å². The SMILES string of the molecule is CN1CCC[C@H](Nc2sc3c(ccc(=O)n3-c3ccccc3)c2C(=O)c2ccccc2)C1. The number of nitrogens with zero attached hydrogens (tertiary/aromatic N) is 2. The zero-order chi connectivity index (χ0) is 22.1. The molecular formula is C26H25N3O2S. The Kier molecular flexibility index (Phi) is 5.64. The number of likely N-dealkylation sites (N-methyl/N-ethyl adjacent to an activating group) is 1. The molecule has 1 aliphatic heterocycles. The van der Waals surface area contributed by atoms with Gasteiger partial charge in [0.05, 0.1) is 11.3 Å². The van der Waals surface area contributed by atoms with Gasteiger partial charge in [0.2, 0.25) is 0 Å². The first-order valence-corrected chi connectivity index (χ1v) is 11.7. The average molecular weight is 444 g/mol. The van der Waals surface area contributed by atoms with Crippen LogP contribution in [0.2, 0.25) is 0 Å². The highest BCUT2D eigenvalue weighted by molar-refractivity contribution is 7.23. The zero-order valence-electron chi connectivity index (χ0n) is 18.0. The van der Waals surface area contributed by atoms with Crippen LogP contribution in [-0.2, 0) is 0 Å². The van der Waals surface area contributed by atoms with Gasteiger partial charge in [0.25, 0.3) is 5.56 Å². The Morgan fingerprint density at radius 1 is 1.00 bits per heavy atom. The van der Waals surface area contributed by atoms with E-state index in [9.17, 15) is 9.59 Å². The van der Waals surface area contributed by atoms with Gasteiger partial charge in [0.1, 0.15) is 9.83 Å². The molecule has 0 spiro atoms. The standard InChI is InChI=1S/C26H25N3O2S/c1-28-16-8-11-19(17-28)27-25-23(24(31)18-9-4-2-5-10-18)21-14-15-22(30)29(26(21)32-25)20-12-6-3-7-13-20/h2-7,9-10,12-15,19,27H,8,11,16-17H2,1H3/t19-/m0/s1. The number of nitrogens with one attached hydrogen (secondary N) is 1. The number of thiophene rings is 1. The van der Waals surface area contributed by atoms with Crippen molar-refractivity contribution in [2.75, 3.05) is 25.5 Å². The van der Waals surface area contributed by atoms with E-state index in [1.54, 1.807) is 16.7 Å². The Bertz CT molecular complexity index is 1310. The first kappa shape index (κ1) is 20.7. The van der Waals surface area contributed by atoms with Crippen molar-refractivity contribution in [3.63, 3.8) is 0 Å². The number of hydrogen-bond donors (Lipinski definition) is 1. The number of rotatable bonds is 5. The van der Waals surface area contributed by atoms with E-state index in [0.29, 0.717) is 11.1 Å². The monoisotopic (exact) mass is 443 g/mol. The number of benzene rings is 2. The van der Waals surface area contributed by atoms with Crippen molar-refractivity contribution in [3.05, 3.63) is 94.3 Å². The zero-order valence-corrected chi connectivity index (χ0v) is 18.8. The van der Waals surface area contributed by atoms with E-state index >= 15 is 0 Å². The van der Waals surface area contributed by atoms with Crippen LogP contribution in [0.3, 0.4) is 0 Å². The summed E-state index contributed by atoms with van der Waals surface area (Å²) in [5.74, 6) is -0.0261. The van der Waals surface area contributed by atoms with E-state index in [0.717, 1.165) is 46.8 Å². The predicted octanol–water partition coefficient (Wildman–Crippen LogP) is 4.79. The molecule has 1 fully saturated rings. The topological polar surface area (TPSA) is 54.3 Å². The smallest absolute Gasteiger partial charge is 0.256 e. The third-order valence-electron chi connectivity index (χ3n) is 5.98. The van der Waals surface area contributed by atoms with Gasteiger partial charge >= 0.3 is 0 Å². The molecule has 5 rings (SSSR count). The van der Waals surface area contributed by atoms with Gasteiger partial charge in [-0.25, -0.2) is 0 Å². The minimum absolute atomic E-state index is 0.0261. The van der Waals surface area contributed by atoms with Crippen molar-refractivity contribution in [2.45, 2.75) is 18.9 Å². The minimum Gasteiger partial charge on any atom is -0.372 e. The fourth-order valence-corrected chi connectivity index (χ4v) is 5.72. The Morgan fingerprint density at radius 2 is 1.72 bits per heavy atom. The molecular weight excluding hydrogens is 418 g/mol. The second kappa shape index (κ2) is 8.73. The Balaban J connectivity index is 1.70.